The number of nitrogens with zero attached hydrogens (tertiary/aromatic N) is 3. The minimum absolute atomic E-state index is 0.0161. The molecule has 0 radical (unpaired) electrons. The molecule has 13 nitrogen and oxygen atoms in total. The molecule has 5 rings (SSSR count). The molecule has 0 bridgehead atoms. The van der Waals surface area contributed by atoms with Crippen LogP contribution in [0.4, 0.5) is 0 Å². The van der Waals surface area contributed by atoms with Gasteiger partial charge in [-0.3, -0.25) is 14.3 Å². The first-order valence-corrected chi connectivity index (χ1v) is 19.4. The molecule has 1 aliphatic rings. The van der Waals surface area contributed by atoms with Crippen molar-refractivity contribution in [2.45, 2.75) is 83.3 Å². The number of benzene rings is 3. The largest absolute Gasteiger partial charge is 0.497 e. The molecule has 0 spiro atoms. The van der Waals surface area contributed by atoms with E-state index in [1.165, 1.54) is 17.9 Å². The average molecular weight is 775 g/mol. The van der Waals surface area contributed by atoms with Crippen molar-refractivity contribution >= 4 is 8.53 Å². The van der Waals surface area contributed by atoms with Crippen LogP contribution in [0.5, 0.6) is 11.5 Å². The summed E-state index contributed by atoms with van der Waals surface area (Å²) in [5.74, 6) is 1.37. The van der Waals surface area contributed by atoms with Gasteiger partial charge in [0.05, 0.1) is 39.9 Å². The van der Waals surface area contributed by atoms with Crippen LogP contribution >= 0.6 is 8.53 Å². The van der Waals surface area contributed by atoms with E-state index in [-0.39, 0.29) is 31.7 Å². The highest BCUT2D eigenvalue weighted by Gasteiger charge is 2.51. The number of aromatic nitrogens is 2. The number of aromatic amines is 1. The summed E-state index contributed by atoms with van der Waals surface area (Å²) >= 11 is 0. The topological polar surface area (TPSA) is 147 Å². The van der Waals surface area contributed by atoms with Gasteiger partial charge in [0.25, 0.3) is 14.1 Å². The lowest BCUT2D eigenvalue weighted by atomic mass is 9.80. The molecule has 1 aliphatic heterocycles. The van der Waals surface area contributed by atoms with Crippen LogP contribution in [0.15, 0.2) is 94.6 Å². The van der Waals surface area contributed by atoms with Gasteiger partial charge in [-0.25, -0.2) is 9.46 Å². The lowest BCUT2D eigenvalue weighted by molar-refractivity contribution is -0.0958. The van der Waals surface area contributed by atoms with Crippen molar-refractivity contribution in [3.05, 3.63) is 128 Å². The van der Waals surface area contributed by atoms with Gasteiger partial charge < -0.3 is 32.7 Å². The lowest BCUT2D eigenvalue weighted by Crippen LogP contribution is -2.43. The highest BCUT2D eigenvalue weighted by atomic mass is 31.2. The number of hydrogen-bond donors (Lipinski definition) is 1. The van der Waals surface area contributed by atoms with Crippen LogP contribution in [0.3, 0.4) is 0 Å². The molecule has 1 fully saturated rings. The fraction of sp³-hybridized carbons (Fsp3) is 0.439. The molecule has 1 N–H and O–H groups in total. The van der Waals surface area contributed by atoms with Crippen molar-refractivity contribution in [1.82, 2.24) is 14.2 Å². The smallest absolute Gasteiger partial charge is 0.330 e. The van der Waals surface area contributed by atoms with Gasteiger partial charge in [-0.05, 0) is 75.6 Å². The molecule has 55 heavy (non-hydrogen) atoms. The van der Waals surface area contributed by atoms with E-state index < -0.39 is 49.9 Å². The maximum absolute atomic E-state index is 13.3. The van der Waals surface area contributed by atoms with Crippen molar-refractivity contribution in [3.8, 4) is 17.6 Å². The SMILES string of the molecule is COc1ccc(C(OC[C@H]2O[C@@H](n3cc(C)c(=O)[nH]c3=O)[C@H](OC)[C@@H]2O[P@@](OCCC#N)N(C(C)C)C(C)C)(c2ccccc2)c2ccc(OC)cc2)cc1. The number of ether oxygens (including phenoxy) is 5. The van der Waals surface area contributed by atoms with Crippen LogP contribution in [-0.2, 0) is 28.9 Å². The molecule has 3 aromatic carbocycles. The van der Waals surface area contributed by atoms with Crippen LogP contribution in [-0.4, -0.2) is 79.2 Å². The summed E-state index contributed by atoms with van der Waals surface area (Å²) in [6.07, 6.45) is -1.91. The second kappa shape index (κ2) is 19.0. The molecule has 0 aliphatic carbocycles. The van der Waals surface area contributed by atoms with Crippen molar-refractivity contribution in [2.75, 3.05) is 34.5 Å². The van der Waals surface area contributed by atoms with Gasteiger partial charge in [0.2, 0.25) is 0 Å². The molecule has 1 aromatic heterocycles. The Labute approximate surface area is 323 Å². The fourth-order valence-electron chi connectivity index (χ4n) is 6.90. The van der Waals surface area contributed by atoms with Gasteiger partial charge in [0, 0.05) is 31.0 Å². The Morgan fingerprint density at radius 2 is 1.44 bits per heavy atom. The molecule has 14 heteroatoms. The zero-order chi connectivity index (χ0) is 39.7. The van der Waals surface area contributed by atoms with E-state index in [0.717, 1.165) is 16.7 Å². The summed E-state index contributed by atoms with van der Waals surface area (Å²) in [6.45, 7) is 9.92. The Bertz CT molecular complexity index is 1930. The predicted molar refractivity (Wildman–Crippen MR) is 209 cm³/mol. The molecule has 2 heterocycles. The Balaban J connectivity index is 1.66. The number of hydrogen-bond acceptors (Lipinski definition) is 11. The normalized spacial score (nSPS) is 19.2. The van der Waals surface area contributed by atoms with Crippen LogP contribution in [0.2, 0.25) is 0 Å². The first-order valence-electron chi connectivity index (χ1n) is 18.2. The highest BCUT2D eigenvalue weighted by Crippen LogP contribution is 2.51. The summed E-state index contributed by atoms with van der Waals surface area (Å²) in [5.41, 5.74) is 0.477. The Morgan fingerprint density at radius 3 is 1.95 bits per heavy atom. The third-order valence-corrected chi connectivity index (χ3v) is 11.6. The van der Waals surface area contributed by atoms with E-state index >= 15 is 0 Å². The van der Waals surface area contributed by atoms with E-state index in [1.807, 2.05) is 78.9 Å². The maximum atomic E-state index is 13.3. The minimum Gasteiger partial charge on any atom is -0.497 e. The standard InChI is InChI=1S/C41H51N4O9P/c1-27(2)45(28(3)4)55(52-24-12-23-42)54-36-35(53-39(37(36)50-8)44-25-29(5)38(46)43-40(44)47)26-51-41(30-13-10-9-11-14-30,31-15-19-33(48-6)20-16-31)32-17-21-34(49-7)22-18-32/h9-11,13-22,25,27-28,35-37,39H,12,24,26H2,1-8H3,(H,43,46,47)/t35-,36-,37-,39-,55-/m1/s1. The second-order valence-corrected chi connectivity index (χ2v) is 15.1. The van der Waals surface area contributed by atoms with Gasteiger partial charge >= 0.3 is 5.69 Å². The van der Waals surface area contributed by atoms with Crippen molar-refractivity contribution in [1.29, 1.82) is 5.26 Å². The number of nitrogens with one attached hydrogen (secondary N) is 1. The molecule has 0 amide bonds. The zero-order valence-corrected chi connectivity index (χ0v) is 33.5. The summed E-state index contributed by atoms with van der Waals surface area (Å²) in [6, 6.07) is 27.5. The number of H-pyrrole nitrogens is 1. The van der Waals surface area contributed by atoms with Gasteiger partial charge in [-0.15, -0.1) is 0 Å². The van der Waals surface area contributed by atoms with Crippen molar-refractivity contribution < 1.29 is 32.7 Å². The first kappa shape index (κ1) is 41.8. The predicted octanol–water partition coefficient (Wildman–Crippen LogP) is 6.44. The summed E-state index contributed by atoms with van der Waals surface area (Å²) in [5, 5.41) is 9.35. The third-order valence-electron chi connectivity index (χ3n) is 9.49. The number of nitriles is 1. The summed E-state index contributed by atoms with van der Waals surface area (Å²) in [4.78, 5) is 28.1. The van der Waals surface area contributed by atoms with E-state index in [9.17, 15) is 14.9 Å². The summed E-state index contributed by atoms with van der Waals surface area (Å²) < 4.78 is 47.9. The molecule has 4 aromatic rings. The summed E-state index contributed by atoms with van der Waals surface area (Å²) in [7, 11) is 2.98. The van der Waals surface area contributed by atoms with Crippen molar-refractivity contribution in [2.24, 2.45) is 0 Å². The van der Waals surface area contributed by atoms with E-state index in [4.69, 9.17) is 32.7 Å². The molecule has 0 saturated carbocycles. The van der Waals surface area contributed by atoms with E-state index in [1.54, 1.807) is 21.1 Å². The van der Waals surface area contributed by atoms with Gasteiger partial charge in [0.1, 0.15) is 35.4 Å². The minimum atomic E-state index is -1.78. The Hall–Kier alpha value is -4.38. The van der Waals surface area contributed by atoms with Crippen LogP contribution < -0.4 is 20.7 Å². The van der Waals surface area contributed by atoms with E-state index in [0.29, 0.717) is 17.1 Å². The molecular weight excluding hydrogens is 723 g/mol. The number of aryl methyl sites for hydroxylation is 1. The van der Waals surface area contributed by atoms with Crippen LogP contribution in [0.25, 0.3) is 0 Å². The fourth-order valence-corrected chi connectivity index (χ4v) is 8.67. The Kier molecular flexibility index (Phi) is 14.4. The quantitative estimate of drug-likeness (QED) is 0.0677. The third kappa shape index (κ3) is 9.20. The van der Waals surface area contributed by atoms with Crippen LogP contribution in [0.1, 0.15) is 62.6 Å². The van der Waals surface area contributed by atoms with Gasteiger partial charge in [-0.1, -0.05) is 54.6 Å². The van der Waals surface area contributed by atoms with E-state index in [2.05, 4.69) is 43.4 Å². The Morgan fingerprint density at radius 1 is 0.873 bits per heavy atom. The highest BCUT2D eigenvalue weighted by molar-refractivity contribution is 7.44. The maximum Gasteiger partial charge on any atom is 0.330 e. The molecule has 5 atom stereocenters. The second-order valence-electron chi connectivity index (χ2n) is 13.7. The molecule has 294 valence electrons. The number of methoxy groups -OCH3 is 3. The zero-order valence-electron chi connectivity index (χ0n) is 32.6. The monoisotopic (exact) mass is 774 g/mol. The first-order chi connectivity index (χ1) is 26.5. The molecule has 1 saturated heterocycles. The molecular formula is C41H51N4O9P. The average Bonchev–Trinajstić information content (AvgIpc) is 3.53. The van der Waals surface area contributed by atoms with Crippen LogP contribution in [0, 0.1) is 18.3 Å². The number of rotatable bonds is 18. The van der Waals surface area contributed by atoms with Crippen molar-refractivity contribution in [3.63, 3.8) is 0 Å². The lowest BCUT2D eigenvalue weighted by Gasteiger charge is -2.39. The van der Waals surface area contributed by atoms with Gasteiger partial charge in [0.15, 0.2) is 6.23 Å². The molecule has 0 unspecified atom stereocenters. The van der Waals surface area contributed by atoms with Gasteiger partial charge in [-0.2, -0.15) is 5.26 Å².